The molecule has 1 saturated heterocycles. The summed E-state index contributed by atoms with van der Waals surface area (Å²) in [6.45, 7) is 6.53. The van der Waals surface area contributed by atoms with Gasteiger partial charge in [-0.2, -0.15) is 0 Å². The Morgan fingerprint density at radius 1 is 1.39 bits per heavy atom. The van der Waals surface area contributed by atoms with Crippen LogP contribution >= 0.6 is 12.4 Å². The quantitative estimate of drug-likeness (QED) is 0.637. The van der Waals surface area contributed by atoms with Gasteiger partial charge in [0, 0.05) is 37.7 Å². The number of ether oxygens (including phenoxy) is 1. The fraction of sp³-hybridized carbons (Fsp3) is 0.529. The van der Waals surface area contributed by atoms with Crippen LogP contribution in [0.25, 0.3) is 0 Å². The van der Waals surface area contributed by atoms with Gasteiger partial charge in [0.05, 0.1) is 6.61 Å². The van der Waals surface area contributed by atoms with Crippen molar-refractivity contribution in [2.75, 3.05) is 26.2 Å². The normalized spacial score (nSPS) is 17.3. The maximum absolute atomic E-state index is 12.1. The van der Waals surface area contributed by atoms with Crippen molar-refractivity contribution in [3.63, 3.8) is 0 Å². The molecular weight excluding hydrogens is 316 g/mol. The maximum Gasteiger partial charge on any atom is 0.222 e. The Hall–Kier alpha value is -1.59. The van der Waals surface area contributed by atoms with E-state index in [9.17, 15) is 9.59 Å². The van der Waals surface area contributed by atoms with Gasteiger partial charge in [0.15, 0.2) is 5.78 Å². The summed E-state index contributed by atoms with van der Waals surface area (Å²) in [5.74, 6) is 0.888. The summed E-state index contributed by atoms with van der Waals surface area (Å²) in [6, 6.07) is 7.50. The molecule has 1 N–H and O–H groups in total. The lowest BCUT2D eigenvalue weighted by molar-refractivity contribution is -0.132. The number of nitrogens with zero attached hydrogens (tertiary/aromatic N) is 1. The molecule has 0 radical (unpaired) electrons. The minimum Gasteiger partial charge on any atom is -0.494 e. The van der Waals surface area contributed by atoms with E-state index in [-0.39, 0.29) is 24.1 Å². The van der Waals surface area contributed by atoms with Crippen molar-refractivity contribution in [3.05, 3.63) is 29.8 Å². The van der Waals surface area contributed by atoms with Gasteiger partial charge in [-0.3, -0.25) is 9.59 Å². The molecule has 1 aliphatic rings. The molecule has 2 rings (SSSR count). The maximum atomic E-state index is 12.1. The monoisotopic (exact) mass is 340 g/mol. The molecule has 1 atom stereocenters. The second-order valence-corrected chi connectivity index (χ2v) is 5.73. The first-order chi connectivity index (χ1) is 10.6. The highest BCUT2D eigenvalue weighted by atomic mass is 35.5. The van der Waals surface area contributed by atoms with Crippen molar-refractivity contribution >= 4 is 24.1 Å². The second kappa shape index (κ2) is 9.53. The number of Topliss-reactive ketones (excluding diaryl/α,β-unsaturated/α-hetero) is 1. The van der Waals surface area contributed by atoms with Gasteiger partial charge in [-0.15, -0.1) is 12.4 Å². The first kappa shape index (κ1) is 19.5. The summed E-state index contributed by atoms with van der Waals surface area (Å²) in [5.41, 5.74) is 0.642. The summed E-state index contributed by atoms with van der Waals surface area (Å²) in [4.78, 5) is 25.3. The number of nitrogens with one attached hydrogen (secondary N) is 1. The lowest BCUT2D eigenvalue weighted by Gasteiger charge is -2.32. The van der Waals surface area contributed by atoms with Crippen LogP contribution in [0.5, 0.6) is 5.75 Å². The third-order valence-corrected chi connectivity index (χ3v) is 3.77. The molecule has 1 aliphatic heterocycles. The number of amides is 1. The Balaban J connectivity index is 0.00000264. The molecule has 1 aromatic rings. The third-order valence-electron chi connectivity index (χ3n) is 3.77. The van der Waals surface area contributed by atoms with E-state index in [1.54, 1.807) is 18.2 Å². The van der Waals surface area contributed by atoms with Gasteiger partial charge in [0.25, 0.3) is 0 Å². The lowest BCUT2D eigenvalue weighted by atomic mass is 10.1. The highest BCUT2D eigenvalue weighted by molar-refractivity contribution is 5.94. The van der Waals surface area contributed by atoms with Crippen LogP contribution in [0.2, 0.25) is 0 Å². The molecule has 1 unspecified atom stereocenters. The Labute approximate surface area is 143 Å². The van der Waals surface area contributed by atoms with Crippen molar-refractivity contribution in [2.45, 2.75) is 32.7 Å². The number of benzene rings is 1. The minimum absolute atomic E-state index is 0. The van der Waals surface area contributed by atoms with Crippen LogP contribution in [0.15, 0.2) is 24.3 Å². The summed E-state index contributed by atoms with van der Waals surface area (Å²) < 4.78 is 5.62. The minimum atomic E-state index is 0. The number of halogens is 1. The molecule has 5 nitrogen and oxygen atoms in total. The molecule has 0 bridgehead atoms. The van der Waals surface area contributed by atoms with E-state index in [2.05, 4.69) is 12.2 Å². The molecule has 0 saturated carbocycles. The average Bonchev–Trinajstić information content (AvgIpc) is 2.51. The smallest absolute Gasteiger partial charge is 0.222 e. The van der Waals surface area contributed by atoms with Gasteiger partial charge < -0.3 is 15.0 Å². The fourth-order valence-electron chi connectivity index (χ4n) is 2.54. The lowest BCUT2D eigenvalue weighted by Crippen LogP contribution is -2.51. The highest BCUT2D eigenvalue weighted by Crippen LogP contribution is 2.14. The average molecular weight is 341 g/mol. The van der Waals surface area contributed by atoms with E-state index < -0.39 is 0 Å². The summed E-state index contributed by atoms with van der Waals surface area (Å²) in [5, 5.41) is 3.32. The predicted octanol–water partition coefficient (Wildman–Crippen LogP) is 2.29. The number of hydrogen-bond acceptors (Lipinski definition) is 4. The Kier molecular flexibility index (Phi) is 8.06. The van der Waals surface area contributed by atoms with E-state index in [0.717, 1.165) is 19.6 Å². The zero-order valence-corrected chi connectivity index (χ0v) is 14.5. The van der Waals surface area contributed by atoms with Gasteiger partial charge in [0.1, 0.15) is 5.75 Å². The van der Waals surface area contributed by atoms with E-state index in [4.69, 9.17) is 4.74 Å². The van der Waals surface area contributed by atoms with Gasteiger partial charge in [-0.05, 0) is 32.4 Å². The van der Waals surface area contributed by atoms with Gasteiger partial charge in [0.2, 0.25) is 5.91 Å². The van der Waals surface area contributed by atoms with Crippen LogP contribution in [0.4, 0.5) is 0 Å². The first-order valence-electron chi connectivity index (χ1n) is 7.81. The molecule has 0 spiro atoms. The molecule has 1 fully saturated rings. The van der Waals surface area contributed by atoms with E-state index in [1.807, 2.05) is 11.0 Å². The van der Waals surface area contributed by atoms with Crippen LogP contribution in [-0.4, -0.2) is 48.9 Å². The number of piperazine rings is 1. The third kappa shape index (κ3) is 6.20. The van der Waals surface area contributed by atoms with Crippen molar-refractivity contribution in [3.8, 4) is 5.75 Å². The second-order valence-electron chi connectivity index (χ2n) is 5.73. The summed E-state index contributed by atoms with van der Waals surface area (Å²) in [7, 11) is 0. The van der Waals surface area contributed by atoms with E-state index >= 15 is 0 Å². The van der Waals surface area contributed by atoms with E-state index in [0.29, 0.717) is 36.8 Å². The van der Waals surface area contributed by atoms with Gasteiger partial charge in [-0.25, -0.2) is 0 Å². The molecule has 1 aromatic carbocycles. The molecule has 23 heavy (non-hydrogen) atoms. The topological polar surface area (TPSA) is 58.6 Å². The molecule has 0 aliphatic carbocycles. The molecule has 128 valence electrons. The zero-order valence-electron chi connectivity index (χ0n) is 13.7. The summed E-state index contributed by atoms with van der Waals surface area (Å²) >= 11 is 0. The molecule has 1 amide bonds. The Morgan fingerprint density at radius 2 is 2.17 bits per heavy atom. The standard InChI is InChI=1S/C17H24N2O3.ClH/c1-13-12-19(9-8-18-13)17(21)7-4-10-22-16-6-3-5-15(11-16)14(2)20;/h3,5-6,11,13,18H,4,7-10,12H2,1-2H3;1H. The number of carbonyl (C=O) groups is 2. The zero-order chi connectivity index (χ0) is 15.9. The molecule has 6 heteroatoms. The largest absolute Gasteiger partial charge is 0.494 e. The van der Waals surface area contributed by atoms with Crippen molar-refractivity contribution in [1.82, 2.24) is 10.2 Å². The van der Waals surface area contributed by atoms with Crippen LogP contribution < -0.4 is 10.1 Å². The summed E-state index contributed by atoms with van der Waals surface area (Å²) in [6.07, 6.45) is 1.18. The fourth-order valence-corrected chi connectivity index (χ4v) is 2.54. The Bertz CT molecular complexity index is 536. The molecule has 0 aromatic heterocycles. The van der Waals surface area contributed by atoms with Crippen LogP contribution in [0.1, 0.15) is 37.0 Å². The highest BCUT2D eigenvalue weighted by Gasteiger charge is 2.19. The SMILES string of the molecule is CC(=O)c1cccc(OCCCC(=O)N2CCNC(C)C2)c1.Cl. The van der Waals surface area contributed by atoms with Crippen LogP contribution in [0, 0.1) is 0 Å². The molecule has 1 heterocycles. The number of ketones is 1. The van der Waals surface area contributed by atoms with Crippen LogP contribution in [-0.2, 0) is 4.79 Å². The Morgan fingerprint density at radius 3 is 2.87 bits per heavy atom. The predicted molar refractivity (Wildman–Crippen MR) is 92.5 cm³/mol. The van der Waals surface area contributed by atoms with Crippen molar-refractivity contribution in [2.24, 2.45) is 0 Å². The first-order valence-corrected chi connectivity index (χ1v) is 7.81. The number of carbonyl (C=O) groups excluding carboxylic acids is 2. The van der Waals surface area contributed by atoms with Crippen LogP contribution in [0.3, 0.4) is 0 Å². The van der Waals surface area contributed by atoms with Crippen molar-refractivity contribution in [1.29, 1.82) is 0 Å². The van der Waals surface area contributed by atoms with Crippen molar-refractivity contribution < 1.29 is 14.3 Å². The molecular formula is C17H25ClN2O3. The van der Waals surface area contributed by atoms with Gasteiger partial charge >= 0.3 is 0 Å². The van der Waals surface area contributed by atoms with E-state index in [1.165, 1.54) is 6.92 Å². The van der Waals surface area contributed by atoms with Gasteiger partial charge in [-0.1, -0.05) is 12.1 Å². The number of rotatable bonds is 6. The number of hydrogen-bond donors (Lipinski definition) is 1.